The van der Waals surface area contributed by atoms with Gasteiger partial charge in [0.15, 0.2) is 11.0 Å². The minimum absolute atomic E-state index is 0.230. The summed E-state index contributed by atoms with van der Waals surface area (Å²) in [4.78, 5) is 10.6. The Balaban J connectivity index is 1.51. The molecule has 2 aromatic heterocycles. The third-order valence-electron chi connectivity index (χ3n) is 4.22. The number of hydrogen-bond donors (Lipinski definition) is 3. The Morgan fingerprint density at radius 2 is 2.11 bits per heavy atom. The maximum absolute atomic E-state index is 13.3. The minimum atomic E-state index is -0.297. The average Bonchev–Trinajstić information content (AvgIpc) is 3.12. The van der Waals surface area contributed by atoms with Gasteiger partial charge in [0.05, 0.1) is 10.7 Å². The molecule has 4 aromatic rings. The maximum Gasteiger partial charge on any atom is 0.251 e. The molecule has 142 valence electrons. The molecule has 6 nitrogen and oxygen atoms in total. The van der Waals surface area contributed by atoms with Crippen LogP contribution < -0.4 is 20.8 Å². The lowest BCUT2D eigenvalue weighted by molar-refractivity contribution is -0.363. The molecule has 0 aliphatic heterocycles. The fraction of sp³-hybridized carbons (Fsp3) is 0.100. The highest BCUT2D eigenvalue weighted by atomic mass is 35.5. The number of nitrogens with zero attached hydrogens (tertiary/aromatic N) is 1. The Bertz CT molecular complexity index is 1130. The van der Waals surface area contributed by atoms with Crippen molar-refractivity contribution in [2.45, 2.75) is 13.2 Å². The molecule has 8 heteroatoms. The maximum atomic E-state index is 13.3. The number of benzene rings is 2. The van der Waals surface area contributed by atoms with Crippen molar-refractivity contribution >= 4 is 34.1 Å². The Morgan fingerprint density at radius 3 is 2.89 bits per heavy atom. The molecule has 0 bridgehead atoms. The molecule has 2 aromatic carbocycles. The lowest BCUT2D eigenvalue weighted by Crippen LogP contribution is -2.11. The number of nitrogens with one attached hydrogen (secondary N) is 3. The Morgan fingerprint density at radius 1 is 1.21 bits per heavy atom. The number of rotatable bonds is 6. The first-order chi connectivity index (χ1) is 13.6. The van der Waals surface area contributed by atoms with Gasteiger partial charge in [-0.2, -0.15) is 0 Å². The Kier molecular flexibility index (Phi) is 5.10. The SMILES string of the molecule is NCc1cc2nc[nH+]c(Nc3ccc(OCc4cccc(F)c4)c(Cl)c3)c2[nH]1. The zero-order chi connectivity index (χ0) is 19.5. The van der Waals surface area contributed by atoms with Crippen molar-refractivity contribution in [1.82, 2.24) is 9.97 Å². The van der Waals surface area contributed by atoms with E-state index in [1.165, 1.54) is 12.1 Å². The molecular formula is C20H18ClFN5O+. The lowest BCUT2D eigenvalue weighted by atomic mass is 10.2. The first-order valence-electron chi connectivity index (χ1n) is 8.64. The standard InChI is InChI=1S/C20H17ClFN5O/c21-16-7-14(4-5-18(16)28-10-12-2-1-3-13(22)6-12)27-20-19-17(24-11-25-20)8-15(9-23)26-19/h1-8,11,26H,9-10,23H2,(H,24,25,27)/p+1. The van der Waals surface area contributed by atoms with Gasteiger partial charge >= 0.3 is 0 Å². The van der Waals surface area contributed by atoms with Gasteiger partial charge in [-0.25, -0.2) is 9.37 Å². The van der Waals surface area contributed by atoms with E-state index >= 15 is 0 Å². The van der Waals surface area contributed by atoms with Crippen molar-refractivity contribution in [2.24, 2.45) is 5.73 Å². The van der Waals surface area contributed by atoms with E-state index < -0.39 is 0 Å². The fourth-order valence-electron chi connectivity index (χ4n) is 2.87. The van der Waals surface area contributed by atoms with Gasteiger partial charge in [0.25, 0.3) is 5.82 Å². The second kappa shape index (κ2) is 7.84. The summed E-state index contributed by atoms with van der Waals surface area (Å²) in [6.07, 6.45) is 1.61. The molecule has 28 heavy (non-hydrogen) atoms. The molecule has 0 fully saturated rings. The molecule has 0 radical (unpaired) electrons. The molecule has 0 aliphatic rings. The number of aromatic nitrogens is 3. The van der Waals surface area contributed by atoms with E-state index in [0.717, 1.165) is 33.8 Å². The number of anilines is 2. The third kappa shape index (κ3) is 3.90. The zero-order valence-electron chi connectivity index (χ0n) is 14.8. The van der Waals surface area contributed by atoms with Crippen LogP contribution in [-0.2, 0) is 13.2 Å². The number of nitrogens with two attached hydrogens (primary N) is 1. The van der Waals surface area contributed by atoms with Crippen LogP contribution in [0, 0.1) is 5.82 Å². The average molecular weight is 399 g/mol. The van der Waals surface area contributed by atoms with Crippen LogP contribution in [-0.4, -0.2) is 9.97 Å². The third-order valence-corrected chi connectivity index (χ3v) is 4.52. The van der Waals surface area contributed by atoms with Crippen molar-refractivity contribution in [1.29, 1.82) is 0 Å². The summed E-state index contributed by atoms with van der Waals surface area (Å²) >= 11 is 6.35. The molecule has 0 spiro atoms. The van der Waals surface area contributed by atoms with Gasteiger partial charge in [-0.3, -0.25) is 5.32 Å². The summed E-state index contributed by atoms with van der Waals surface area (Å²) in [5.41, 5.74) is 9.72. The second-order valence-corrected chi connectivity index (χ2v) is 6.63. The summed E-state index contributed by atoms with van der Waals surface area (Å²) < 4.78 is 19.0. The van der Waals surface area contributed by atoms with Crippen LogP contribution in [0.15, 0.2) is 54.9 Å². The highest BCUT2D eigenvalue weighted by Crippen LogP contribution is 2.30. The van der Waals surface area contributed by atoms with Gasteiger partial charge in [0, 0.05) is 18.3 Å². The number of halogens is 2. The van der Waals surface area contributed by atoms with Crippen LogP contribution in [0.25, 0.3) is 11.0 Å². The first kappa shape index (κ1) is 18.2. The van der Waals surface area contributed by atoms with Crippen molar-refractivity contribution in [2.75, 3.05) is 5.32 Å². The predicted octanol–water partition coefficient (Wildman–Crippen LogP) is 3.95. The van der Waals surface area contributed by atoms with Gasteiger partial charge in [-0.1, -0.05) is 23.7 Å². The summed E-state index contributed by atoms with van der Waals surface area (Å²) in [7, 11) is 0. The molecule has 5 N–H and O–H groups in total. The fourth-order valence-corrected chi connectivity index (χ4v) is 3.10. The van der Waals surface area contributed by atoms with Crippen molar-refractivity contribution in [3.63, 3.8) is 0 Å². The lowest BCUT2D eigenvalue weighted by Gasteiger charge is -2.09. The second-order valence-electron chi connectivity index (χ2n) is 6.23. The van der Waals surface area contributed by atoms with Gasteiger partial charge in [0.1, 0.15) is 18.2 Å². The van der Waals surface area contributed by atoms with Gasteiger partial charge < -0.3 is 15.5 Å². The van der Waals surface area contributed by atoms with Crippen molar-refractivity contribution in [3.05, 3.63) is 77.0 Å². The normalized spacial score (nSPS) is 11.0. The smallest absolute Gasteiger partial charge is 0.251 e. The van der Waals surface area contributed by atoms with Crippen LogP contribution >= 0.6 is 11.6 Å². The van der Waals surface area contributed by atoms with Crippen molar-refractivity contribution < 1.29 is 14.1 Å². The van der Waals surface area contributed by atoms with E-state index in [1.54, 1.807) is 30.6 Å². The molecule has 0 amide bonds. The number of hydrogen-bond acceptors (Lipinski definition) is 4. The summed E-state index contributed by atoms with van der Waals surface area (Å²) in [6, 6.07) is 13.5. The number of fused-ring (bicyclic) bond motifs is 1. The van der Waals surface area contributed by atoms with Gasteiger partial charge in [-0.05, 0) is 35.9 Å². The highest BCUT2D eigenvalue weighted by Gasteiger charge is 2.14. The molecular weight excluding hydrogens is 381 g/mol. The molecule has 4 rings (SSSR count). The number of ether oxygens (including phenoxy) is 1. The van der Waals surface area contributed by atoms with E-state index in [0.29, 0.717) is 17.3 Å². The van der Waals surface area contributed by atoms with Crippen LogP contribution in [0.2, 0.25) is 5.02 Å². The minimum Gasteiger partial charge on any atom is -0.487 e. The quantitative estimate of drug-likeness (QED) is 0.458. The molecule has 0 saturated heterocycles. The summed E-state index contributed by atoms with van der Waals surface area (Å²) in [5.74, 6) is 0.966. The predicted molar refractivity (Wildman–Crippen MR) is 106 cm³/mol. The molecule has 0 atom stereocenters. The van der Waals surface area contributed by atoms with E-state index in [2.05, 4.69) is 20.3 Å². The topological polar surface area (TPSA) is 90.1 Å². The Labute approximate surface area is 165 Å². The molecule has 2 heterocycles. The van der Waals surface area contributed by atoms with E-state index in [4.69, 9.17) is 22.1 Å². The van der Waals surface area contributed by atoms with Crippen molar-refractivity contribution in [3.8, 4) is 5.75 Å². The number of H-pyrrole nitrogens is 2. The molecule has 0 saturated carbocycles. The highest BCUT2D eigenvalue weighted by molar-refractivity contribution is 6.32. The van der Waals surface area contributed by atoms with E-state index in [1.807, 2.05) is 12.1 Å². The zero-order valence-corrected chi connectivity index (χ0v) is 15.6. The van der Waals surface area contributed by atoms with Gasteiger partial charge in [-0.15, -0.1) is 4.98 Å². The van der Waals surface area contributed by atoms with Crippen LogP contribution in [0.3, 0.4) is 0 Å². The van der Waals surface area contributed by atoms with Crippen LogP contribution in [0.4, 0.5) is 15.9 Å². The van der Waals surface area contributed by atoms with Crippen LogP contribution in [0.5, 0.6) is 5.75 Å². The van der Waals surface area contributed by atoms with E-state index in [-0.39, 0.29) is 12.4 Å². The van der Waals surface area contributed by atoms with E-state index in [9.17, 15) is 4.39 Å². The summed E-state index contributed by atoms with van der Waals surface area (Å²) in [6.45, 7) is 0.631. The first-order valence-corrected chi connectivity index (χ1v) is 9.02. The summed E-state index contributed by atoms with van der Waals surface area (Å²) in [5, 5.41) is 3.72. The Hall–Kier alpha value is -3.16. The van der Waals surface area contributed by atoms with Gasteiger partial charge in [0.2, 0.25) is 6.33 Å². The molecule has 0 unspecified atom stereocenters. The molecule has 0 aliphatic carbocycles. The van der Waals surface area contributed by atoms with Crippen LogP contribution in [0.1, 0.15) is 11.3 Å². The monoisotopic (exact) mass is 398 g/mol. The largest absolute Gasteiger partial charge is 0.487 e. The number of aromatic amines is 2.